The Bertz CT molecular complexity index is 1270. The number of benzene rings is 3. The van der Waals surface area contributed by atoms with Gasteiger partial charge in [0.15, 0.2) is 22.6 Å². The fraction of sp³-hybridized carbons (Fsp3) is 0.0909. The summed E-state index contributed by atoms with van der Waals surface area (Å²) < 4.78 is 29.3. The minimum Gasteiger partial charge on any atom is -0.314 e. The maximum absolute atomic E-state index is 13.9. The van der Waals surface area contributed by atoms with Crippen LogP contribution in [0.2, 0.25) is 0 Å². The SMILES string of the molecule is O=C(CSc1nc2cc(F)c(F)cc2n1Cc1ccccc1)c1ccc([N+](=O)[O-])cc1. The molecule has 0 unspecified atom stereocenters. The van der Waals surface area contributed by atoms with Crippen molar-refractivity contribution in [3.8, 4) is 0 Å². The van der Waals surface area contributed by atoms with E-state index in [1.54, 1.807) is 4.57 Å². The van der Waals surface area contributed by atoms with Crippen LogP contribution in [0.25, 0.3) is 11.0 Å². The molecular weight excluding hydrogens is 424 g/mol. The van der Waals surface area contributed by atoms with Crippen LogP contribution >= 0.6 is 11.8 Å². The van der Waals surface area contributed by atoms with Crippen molar-refractivity contribution >= 4 is 34.3 Å². The second-order valence-corrected chi connectivity index (χ2v) is 7.68. The smallest absolute Gasteiger partial charge is 0.269 e. The fourth-order valence-electron chi connectivity index (χ4n) is 3.11. The van der Waals surface area contributed by atoms with E-state index in [2.05, 4.69) is 4.98 Å². The third-order valence-electron chi connectivity index (χ3n) is 4.67. The number of Topliss-reactive ketones (excluding diaryl/α,β-unsaturated/α-hetero) is 1. The van der Waals surface area contributed by atoms with Gasteiger partial charge in [-0.2, -0.15) is 0 Å². The largest absolute Gasteiger partial charge is 0.314 e. The first-order valence-electron chi connectivity index (χ1n) is 9.22. The number of hydrogen-bond acceptors (Lipinski definition) is 5. The Morgan fingerprint density at radius 3 is 2.39 bits per heavy atom. The number of nitro benzene ring substituents is 1. The monoisotopic (exact) mass is 439 g/mol. The van der Waals surface area contributed by atoms with Crippen LogP contribution in [0.1, 0.15) is 15.9 Å². The highest BCUT2D eigenvalue weighted by Crippen LogP contribution is 2.28. The Morgan fingerprint density at radius 1 is 1.03 bits per heavy atom. The molecule has 6 nitrogen and oxygen atoms in total. The number of fused-ring (bicyclic) bond motifs is 1. The second kappa shape index (κ2) is 8.65. The van der Waals surface area contributed by atoms with Gasteiger partial charge >= 0.3 is 0 Å². The Morgan fingerprint density at radius 2 is 1.71 bits per heavy atom. The molecule has 9 heteroatoms. The zero-order valence-corrected chi connectivity index (χ0v) is 16.8. The summed E-state index contributed by atoms with van der Waals surface area (Å²) in [4.78, 5) is 27.2. The van der Waals surface area contributed by atoms with Gasteiger partial charge in [0.2, 0.25) is 0 Å². The standard InChI is InChI=1S/C22H15F2N3O3S/c23-17-10-19-20(11-18(17)24)26(12-14-4-2-1-3-5-14)22(25-19)31-13-21(28)15-6-8-16(9-7-15)27(29)30/h1-11H,12-13H2. The number of hydrogen-bond donors (Lipinski definition) is 0. The fourth-order valence-corrected chi connectivity index (χ4v) is 4.02. The first kappa shape index (κ1) is 20.7. The van der Waals surface area contributed by atoms with Gasteiger partial charge < -0.3 is 4.57 Å². The van der Waals surface area contributed by atoms with Gasteiger partial charge in [0.1, 0.15) is 0 Å². The number of ketones is 1. The van der Waals surface area contributed by atoms with E-state index in [0.717, 1.165) is 29.5 Å². The molecular formula is C22H15F2N3O3S. The van der Waals surface area contributed by atoms with Crippen molar-refractivity contribution in [2.24, 2.45) is 0 Å². The molecule has 1 aromatic heterocycles. The summed E-state index contributed by atoms with van der Waals surface area (Å²) >= 11 is 1.14. The normalized spacial score (nSPS) is 11.0. The van der Waals surface area contributed by atoms with Crippen molar-refractivity contribution in [1.29, 1.82) is 0 Å². The highest BCUT2D eigenvalue weighted by Gasteiger charge is 2.17. The lowest BCUT2D eigenvalue weighted by Gasteiger charge is -2.09. The lowest BCUT2D eigenvalue weighted by atomic mass is 10.1. The minimum absolute atomic E-state index is 0.0148. The molecule has 0 aliphatic rings. The van der Waals surface area contributed by atoms with Gasteiger partial charge in [0, 0.05) is 29.8 Å². The van der Waals surface area contributed by atoms with Crippen LogP contribution in [0.15, 0.2) is 71.9 Å². The van der Waals surface area contributed by atoms with E-state index < -0.39 is 16.6 Å². The summed E-state index contributed by atoms with van der Waals surface area (Å²) in [5, 5.41) is 11.2. The number of aromatic nitrogens is 2. The number of nitro groups is 1. The number of halogens is 2. The molecule has 0 aliphatic heterocycles. The van der Waals surface area contributed by atoms with E-state index in [1.165, 1.54) is 24.3 Å². The average molecular weight is 439 g/mol. The topological polar surface area (TPSA) is 78.0 Å². The predicted octanol–water partition coefficient (Wildman–Crippen LogP) is 5.25. The number of imidazole rings is 1. The maximum Gasteiger partial charge on any atom is 0.269 e. The van der Waals surface area contributed by atoms with E-state index in [9.17, 15) is 23.7 Å². The van der Waals surface area contributed by atoms with Gasteiger partial charge in [-0.05, 0) is 17.7 Å². The van der Waals surface area contributed by atoms with Crippen LogP contribution in [-0.2, 0) is 6.54 Å². The van der Waals surface area contributed by atoms with Crippen molar-refractivity contribution < 1.29 is 18.5 Å². The van der Waals surface area contributed by atoms with Crippen molar-refractivity contribution in [2.75, 3.05) is 5.75 Å². The molecule has 31 heavy (non-hydrogen) atoms. The molecule has 0 fully saturated rings. The highest BCUT2D eigenvalue weighted by molar-refractivity contribution is 7.99. The van der Waals surface area contributed by atoms with Crippen molar-refractivity contribution in [3.63, 3.8) is 0 Å². The van der Waals surface area contributed by atoms with Gasteiger partial charge in [0.05, 0.1) is 28.3 Å². The molecule has 4 aromatic rings. The minimum atomic E-state index is -0.990. The summed E-state index contributed by atoms with van der Waals surface area (Å²) in [7, 11) is 0. The van der Waals surface area contributed by atoms with Crippen LogP contribution in [0, 0.1) is 21.7 Å². The lowest BCUT2D eigenvalue weighted by Crippen LogP contribution is -2.06. The Hall–Kier alpha value is -3.59. The van der Waals surface area contributed by atoms with E-state index in [1.807, 2.05) is 30.3 Å². The first-order chi connectivity index (χ1) is 14.9. The lowest BCUT2D eigenvalue weighted by molar-refractivity contribution is -0.384. The number of thioether (sulfide) groups is 1. The summed E-state index contributed by atoms with van der Waals surface area (Å²) in [6.45, 7) is 0.371. The van der Waals surface area contributed by atoms with Crippen LogP contribution in [0.4, 0.5) is 14.5 Å². The van der Waals surface area contributed by atoms with Crippen LogP contribution < -0.4 is 0 Å². The van der Waals surface area contributed by atoms with Gasteiger partial charge in [0.25, 0.3) is 5.69 Å². The van der Waals surface area contributed by atoms with E-state index >= 15 is 0 Å². The molecule has 0 saturated heterocycles. The van der Waals surface area contributed by atoms with Gasteiger partial charge in [-0.25, -0.2) is 13.8 Å². The summed E-state index contributed by atoms with van der Waals surface area (Å²) in [5.74, 6) is -2.19. The number of carbonyl (C=O) groups excluding carboxylic acids is 1. The number of non-ortho nitro benzene ring substituents is 1. The van der Waals surface area contributed by atoms with Crippen molar-refractivity contribution in [1.82, 2.24) is 9.55 Å². The third-order valence-corrected chi connectivity index (χ3v) is 5.65. The van der Waals surface area contributed by atoms with E-state index in [-0.39, 0.29) is 17.2 Å². The quantitative estimate of drug-likeness (QED) is 0.170. The predicted molar refractivity (Wildman–Crippen MR) is 113 cm³/mol. The molecule has 3 aromatic carbocycles. The number of rotatable bonds is 7. The molecule has 0 spiro atoms. The molecule has 0 atom stereocenters. The number of nitrogens with zero attached hydrogens (tertiary/aromatic N) is 3. The van der Waals surface area contributed by atoms with Gasteiger partial charge in [-0.3, -0.25) is 14.9 Å². The van der Waals surface area contributed by atoms with E-state index in [4.69, 9.17) is 0 Å². The highest BCUT2D eigenvalue weighted by atomic mass is 32.2. The Balaban J connectivity index is 1.62. The summed E-state index contributed by atoms with van der Waals surface area (Å²) in [6, 6.07) is 16.9. The molecule has 156 valence electrons. The van der Waals surface area contributed by atoms with Crippen molar-refractivity contribution in [2.45, 2.75) is 11.7 Å². The Labute approximate surface area is 179 Å². The van der Waals surface area contributed by atoms with Crippen LogP contribution in [0.3, 0.4) is 0 Å². The average Bonchev–Trinajstić information content (AvgIpc) is 3.09. The molecule has 0 aliphatic carbocycles. The molecule has 0 saturated carbocycles. The van der Waals surface area contributed by atoms with Crippen LogP contribution in [0.5, 0.6) is 0 Å². The Kier molecular flexibility index (Phi) is 5.77. The zero-order valence-electron chi connectivity index (χ0n) is 16.0. The maximum atomic E-state index is 13.9. The van der Waals surface area contributed by atoms with Crippen molar-refractivity contribution in [3.05, 3.63) is 99.6 Å². The summed E-state index contributed by atoms with van der Waals surface area (Å²) in [5.41, 5.74) is 1.89. The van der Waals surface area contributed by atoms with Crippen LogP contribution in [-0.4, -0.2) is 26.0 Å². The number of carbonyl (C=O) groups is 1. The van der Waals surface area contributed by atoms with Gasteiger partial charge in [-0.15, -0.1) is 0 Å². The molecule has 0 bridgehead atoms. The second-order valence-electron chi connectivity index (χ2n) is 6.74. The molecule has 4 rings (SSSR count). The van der Waals surface area contributed by atoms with Gasteiger partial charge in [-0.1, -0.05) is 42.1 Å². The summed E-state index contributed by atoms with van der Waals surface area (Å²) in [6.07, 6.45) is 0. The third kappa shape index (κ3) is 4.46. The first-order valence-corrected chi connectivity index (χ1v) is 10.2. The molecule has 0 radical (unpaired) electrons. The molecule has 0 N–H and O–H groups in total. The zero-order chi connectivity index (χ0) is 22.0. The molecule has 0 amide bonds. The van der Waals surface area contributed by atoms with E-state index in [0.29, 0.717) is 28.3 Å². The molecule has 1 heterocycles.